The maximum absolute atomic E-state index is 11.2. The first-order valence-corrected chi connectivity index (χ1v) is 5.72. The predicted molar refractivity (Wildman–Crippen MR) is 60.8 cm³/mol. The van der Waals surface area contributed by atoms with Crippen molar-refractivity contribution in [3.63, 3.8) is 0 Å². The van der Waals surface area contributed by atoms with Crippen molar-refractivity contribution in [1.29, 1.82) is 0 Å². The van der Waals surface area contributed by atoms with Gasteiger partial charge in [0.2, 0.25) is 0 Å². The molecule has 0 amide bonds. The van der Waals surface area contributed by atoms with E-state index in [4.69, 9.17) is 14.3 Å². The molecule has 1 aromatic rings. The maximum Gasteiger partial charge on any atom is 0.323 e. The van der Waals surface area contributed by atoms with E-state index in [0.717, 1.165) is 11.5 Å². The smallest absolute Gasteiger partial charge is 0.323 e. The van der Waals surface area contributed by atoms with E-state index < -0.39 is 12.0 Å². The summed E-state index contributed by atoms with van der Waals surface area (Å²) in [7, 11) is 0. The van der Waals surface area contributed by atoms with Crippen LogP contribution in [0.2, 0.25) is 0 Å². The number of aryl methyl sites for hydroxylation is 1. The van der Waals surface area contributed by atoms with Crippen molar-refractivity contribution in [2.75, 3.05) is 19.8 Å². The Morgan fingerprint density at radius 1 is 1.59 bits per heavy atom. The summed E-state index contributed by atoms with van der Waals surface area (Å²) in [6, 6.07) is 3.15. The Kier molecular flexibility index (Phi) is 3.49. The molecule has 1 N–H and O–H groups in total. The van der Waals surface area contributed by atoms with E-state index in [-0.39, 0.29) is 12.6 Å². The second-order valence-electron chi connectivity index (χ2n) is 4.29. The lowest BCUT2D eigenvalue weighted by Crippen LogP contribution is -2.50. The normalized spacial score (nSPS) is 23.5. The molecule has 1 fully saturated rings. The van der Waals surface area contributed by atoms with Gasteiger partial charge in [0, 0.05) is 6.54 Å². The second kappa shape index (κ2) is 4.89. The minimum atomic E-state index is -0.847. The summed E-state index contributed by atoms with van der Waals surface area (Å²) >= 11 is 0. The SMILES string of the molecule is Cc1ccc(C(C)N2CCOCC2C(=O)O)o1. The Morgan fingerprint density at radius 3 is 2.94 bits per heavy atom. The van der Waals surface area contributed by atoms with E-state index in [9.17, 15) is 4.79 Å². The quantitative estimate of drug-likeness (QED) is 0.864. The lowest BCUT2D eigenvalue weighted by atomic mass is 10.1. The highest BCUT2D eigenvalue weighted by molar-refractivity contribution is 5.73. The molecule has 0 aliphatic carbocycles. The first-order valence-electron chi connectivity index (χ1n) is 5.72. The number of furan rings is 1. The van der Waals surface area contributed by atoms with Crippen molar-refractivity contribution < 1.29 is 19.1 Å². The van der Waals surface area contributed by atoms with Gasteiger partial charge < -0.3 is 14.3 Å². The Labute approximate surface area is 100.0 Å². The van der Waals surface area contributed by atoms with Crippen molar-refractivity contribution in [1.82, 2.24) is 4.90 Å². The molecule has 0 saturated carbocycles. The third kappa shape index (κ3) is 2.50. The van der Waals surface area contributed by atoms with Gasteiger partial charge in [-0.3, -0.25) is 9.69 Å². The zero-order chi connectivity index (χ0) is 12.4. The fraction of sp³-hybridized carbons (Fsp3) is 0.583. The fourth-order valence-corrected chi connectivity index (χ4v) is 2.13. The van der Waals surface area contributed by atoms with Crippen LogP contribution < -0.4 is 0 Å². The number of hydrogen-bond donors (Lipinski definition) is 1. The Balaban J connectivity index is 2.16. The summed E-state index contributed by atoms with van der Waals surface area (Å²) in [5.41, 5.74) is 0. The van der Waals surface area contributed by atoms with E-state index in [0.29, 0.717) is 13.2 Å². The summed E-state index contributed by atoms with van der Waals surface area (Å²) in [5.74, 6) is 0.794. The highest BCUT2D eigenvalue weighted by Crippen LogP contribution is 2.25. The van der Waals surface area contributed by atoms with Gasteiger partial charge in [0.05, 0.1) is 19.3 Å². The zero-order valence-corrected chi connectivity index (χ0v) is 10.0. The first-order chi connectivity index (χ1) is 8.09. The van der Waals surface area contributed by atoms with Gasteiger partial charge in [0.15, 0.2) is 0 Å². The molecule has 1 aliphatic heterocycles. The van der Waals surface area contributed by atoms with Gasteiger partial charge in [-0.25, -0.2) is 0 Å². The monoisotopic (exact) mass is 239 g/mol. The molecule has 2 heterocycles. The lowest BCUT2D eigenvalue weighted by Gasteiger charge is -2.36. The average Bonchev–Trinajstić information content (AvgIpc) is 2.75. The van der Waals surface area contributed by atoms with Crippen molar-refractivity contribution in [3.05, 3.63) is 23.7 Å². The number of carboxylic acids is 1. The summed E-state index contributed by atoms with van der Waals surface area (Å²) in [6.07, 6.45) is 0. The van der Waals surface area contributed by atoms with Crippen LogP contribution in [-0.2, 0) is 9.53 Å². The molecule has 17 heavy (non-hydrogen) atoms. The van der Waals surface area contributed by atoms with Gasteiger partial charge in [-0.05, 0) is 26.0 Å². The summed E-state index contributed by atoms with van der Waals surface area (Å²) in [6.45, 7) is 5.24. The number of carboxylic acid groups (broad SMARTS) is 1. The number of rotatable bonds is 3. The molecular weight excluding hydrogens is 222 g/mol. The fourth-order valence-electron chi connectivity index (χ4n) is 2.13. The maximum atomic E-state index is 11.2. The highest BCUT2D eigenvalue weighted by Gasteiger charge is 2.33. The molecule has 0 bridgehead atoms. The van der Waals surface area contributed by atoms with Gasteiger partial charge in [-0.15, -0.1) is 0 Å². The molecular formula is C12H17NO4. The Morgan fingerprint density at radius 2 is 2.35 bits per heavy atom. The topological polar surface area (TPSA) is 62.9 Å². The minimum Gasteiger partial charge on any atom is -0.480 e. The van der Waals surface area contributed by atoms with Crippen LogP contribution in [-0.4, -0.2) is 41.8 Å². The molecule has 5 nitrogen and oxygen atoms in total. The number of hydrogen-bond acceptors (Lipinski definition) is 4. The van der Waals surface area contributed by atoms with Crippen molar-refractivity contribution >= 4 is 5.97 Å². The zero-order valence-electron chi connectivity index (χ0n) is 10.0. The molecule has 0 spiro atoms. The van der Waals surface area contributed by atoms with E-state index >= 15 is 0 Å². The van der Waals surface area contributed by atoms with Gasteiger partial charge in [0.25, 0.3) is 0 Å². The van der Waals surface area contributed by atoms with Gasteiger partial charge >= 0.3 is 5.97 Å². The highest BCUT2D eigenvalue weighted by atomic mass is 16.5. The van der Waals surface area contributed by atoms with Gasteiger partial charge in [-0.2, -0.15) is 0 Å². The number of morpholine rings is 1. The molecule has 94 valence electrons. The van der Waals surface area contributed by atoms with Gasteiger partial charge in [0.1, 0.15) is 17.6 Å². The van der Waals surface area contributed by atoms with Crippen molar-refractivity contribution in [3.8, 4) is 0 Å². The van der Waals surface area contributed by atoms with Crippen LogP contribution in [0.15, 0.2) is 16.5 Å². The minimum absolute atomic E-state index is 0.0475. The summed E-state index contributed by atoms with van der Waals surface area (Å²) < 4.78 is 10.8. The van der Waals surface area contributed by atoms with E-state index in [1.165, 1.54) is 0 Å². The number of ether oxygens (including phenoxy) is 1. The van der Waals surface area contributed by atoms with Crippen LogP contribution in [0.25, 0.3) is 0 Å². The molecule has 1 aliphatic rings. The summed E-state index contributed by atoms with van der Waals surface area (Å²) in [4.78, 5) is 13.1. The summed E-state index contributed by atoms with van der Waals surface area (Å²) in [5, 5.41) is 9.16. The number of aliphatic carboxylic acids is 1. The third-order valence-electron chi connectivity index (χ3n) is 3.13. The molecule has 5 heteroatoms. The molecule has 1 aromatic heterocycles. The molecule has 2 unspecified atom stereocenters. The van der Waals surface area contributed by atoms with Crippen molar-refractivity contribution in [2.24, 2.45) is 0 Å². The van der Waals surface area contributed by atoms with Crippen LogP contribution in [0.5, 0.6) is 0 Å². The van der Waals surface area contributed by atoms with Crippen LogP contribution in [0.1, 0.15) is 24.5 Å². The second-order valence-corrected chi connectivity index (χ2v) is 4.29. The van der Waals surface area contributed by atoms with Crippen LogP contribution in [0.3, 0.4) is 0 Å². The van der Waals surface area contributed by atoms with E-state index in [1.807, 2.05) is 30.9 Å². The van der Waals surface area contributed by atoms with Gasteiger partial charge in [-0.1, -0.05) is 0 Å². The average molecular weight is 239 g/mol. The molecule has 0 aromatic carbocycles. The lowest BCUT2D eigenvalue weighted by molar-refractivity contribution is -0.151. The molecule has 0 radical (unpaired) electrons. The van der Waals surface area contributed by atoms with Crippen molar-refractivity contribution in [2.45, 2.75) is 25.9 Å². The van der Waals surface area contributed by atoms with Crippen LogP contribution in [0.4, 0.5) is 0 Å². The number of carbonyl (C=O) groups is 1. The largest absolute Gasteiger partial charge is 0.480 e. The van der Waals surface area contributed by atoms with Crippen LogP contribution >= 0.6 is 0 Å². The first kappa shape index (κ1) is 12.1. The molecule has 2 atom stereocenters. The van der Waals surface area contributed by atoms with E-state index in [2.05, 4.69) is 0 Å². The predicted octanol–water partition coefficient (Wildman–Crippen LogP) is 1.43. The Bertz CT molecular complexity index is 401. The van der Waals surface area contributed by atoms with E-state index in [1.54, 1.807) is 0 Å². The Hall–Kier alpha value is -1.33. The molecule has 2 rings (SSSR count). The number of nitrogens with zero attached hydrogens (tertiary/aromatic N) is 1. The third-order valence-corrected chi connectivity index (χ3v) is 3.13. The molecule has 1 saturated heterocycles. The van der Waals surface area contributed by atoms with Crippen LogP contribution in [0, 0.1) is 6.92 Å². The standard InChI is InChI=1S/C12H17NO4/c1-8-3-4-11(17-8)9(2)13-5-6-16-7-10(13)12(14)15/h3-4,9-10H,5-7H2,1-2H3,(H,14,15).